The largest absolute Gasteiger partial charge is 0.472 e. The fourth-order valence-corrected chi connectivity index (χ4v) is 47.2. The maximum Gasteiger partial charge on any atom is 0.472 e. The Labute approximate surface area is 770 Å². The van der Waals surface area contributed by atoms with Crippen LogP contribution in [0, 0.1) is 0 Å². The Bertz CT molecular complexity index is 3350. The lowest BCUT2D eigenvalue weighted by Gasteiger charge is -2.47. The second-order valence-corrected chi connectivity index (χ2v) is 77.4. The van der Waals surface area contributed by atoms with Crippen molar-refractivity contribution in [3.63, 3.8) is 0 Å². The second-order valence-electron chi connectivity index (χ2n) is 35.7. The molecule has 29 nitrogen and oxygen atoms in total. The van der Waals surface area contributed by atoms with E-state index >= 15 is 0 Å². The summed E-state index contributed by atoms with van der Waals surface area (Å²) in [6.07, 6.45) is -3.46. The Kier molecular flexibility index (Phi) is 68.5. The van der Waals surface area contributed by atoms with Crippen molar-refractivity contribution in [2.45, 2.75) is 273 Å². The first kappa shape index (κ1) is 135. The molecule has 0 aromatic carbocycles. The summed E-state index contributed by atoms with van der Waals surface area (Å²) in [5.74, 6) is -4.37. The standard InChI is InChI=1S/C26H58O9Si6.C16H38O5Si4.C12H18O4.C7H6F6O2.C6H9NO.C6H10O3.C5H9NO.C5H8O2/c1-23(2)25(27)29-19-17-21-40(31-36(5,6)7,32-37(8,9)10)35-41(33-38(11,12)13,34-39(14,15)16)22-18-20-30-26(28)24(3)4;1-15(2)16(17)18-13-12-14-25(19-22(3,4)5,20-23(6,7)8)21-24(9,10)11;1-3-11(13)15-9-7-5-6-8-10-16-12(14)4-2;1-3(2)4(14)15-5(6(8,9)10)7(11,12)13;1-2-7-5-3-4-6(7)8;1-5(2)6(8)9-4-3-7;1-4-5(7)6(2)3;1-4(2)5(6)7-3/h1,3,17-22H2,2,4-16H3;1,12-14H2,2-11H3;3-4H,1-2,5-10H2;5H,1H2,2H3;2H,1,3-5H2;7H,1,3-4H2,2H3;4H,1H2,2-3H3;1H2,2-3H3. The van der Waals surface area contributed by atoms with Gasteiger partial charge in [-0.2, -0.15) is 26.3 Å². The van der Waals surface area contributed by atoms with Crippen LogP contribution in [0.2, 0.25) is 156 Å². The molecule has 0 saturated carbocycles. The van der Waals surface area contributed by atoms with Crippen LogP contribution in [0.5, 0.6) is 0 Å². The van der Waals surface area contributed by atoms with Crippen LogP contribution in [0.15, 0.2) is 124 Å². The summed E-state index contributed by atoms with van der Waals surface area (Å²) in [5.41, 5.74) is 1.36. The highest BCUT2D eigenvalue weighted by Crippen LogP contribution is 2.38. The fraction of sp³-hybridized carbons (Fsp3) is 0.639. The molecular weight excluding hydrogens is 1850 g/mol. The van der Waals surface area contributed by atoms with Crippen molar-refractivity contribution in [3.8, 4) is 0 Å². The Morgan fingerprint density at radius 2 is 0.641 bits per heavy atom. The minimum atomic E-state index is -5.69. The smallest absolute Gasteiger partial charge is 0.466 e. The normalized spacial score (nSPS) is 12.4. The summed E-state index contributed by atoms with van der Waals surface area (Å²) in [4.78, 5) is 112. The second kappa shape index (κ2) is 65.2. The molecule has 128 heavy (non-hydrogen) atoms. The van der Waals surface area contributed by atoms with E-state index in [-0.39, 0.29) is 62.1 Å². The molecule has 1 saturated heterocycles. The molecule has 0 spiro atoms. The molecule has 0 radical (unpaired) electrons. The number of rotatable bonds is 48. The average molecular weight is 2010 g/mol. The van der Waals surface area contributed by atoms with Crippen molar-refractivity contribution >= 4 is 144 Å². The Morgan fingerprint density at radius 3 is 0.805 bits per heavy atom. The van der Waals surface area contributed by atoms with Crippen LogP contribution in [0.4, 0.5) is 26.3 Å². The molecule has 2 amide bonds. The summed E-state index contributed by atoms with van der Waals surface area (Å²) in [6, 6.07) is 1.58. The number of methoxy groups -OCH3 is 1. The number of aliphatic hydroxyl groups is 1. The number of carbonyl (C=O) groups is 10. The zero-order chi connectivity index (χ0) is 102. The number of alkyl halides is 6. The van der Waals surface area contributed by atoms with Crippen molar-refractivity contribution in [2.24, 2.45) is 0 Å². The van der Waals surface area contributed by atoms with Gasteiger partial charge in [0.2, 0.25) is 11.8 Å². The summed E-state index contributed by atoms with van der Waals surface area (Å²) in [7, 11) is -19.4. The van der Waals surface area contributed by atoms with Crippen LogP contribution < -0.4 is 0 Å². The molecular formula is C83H156F6N2O27Si10. The number of aliphatic hydroxyl groups excluding tert-OH is 1. The van der Waals surface area contributed by atoms with Crippen LogP contribution in [-0.2, 0) is 119 Å². The monoisotopic (exact) mass is 2010 g/mol. The molecule has 1 fully saturated rings. The lowest BCUT2D eigenvalue weighted by Crippen LogP contribution is -2.67. The number of esters is 8. The van der Waals surface area contributed by atoms with Gasteiger partial charge in [0.1, 0.15) is 6.61 Å². The SMILES string of the molecule is C=C(C)C(=O)OC.C=C(C)C(=O)OC(C(F)(F)F)C(F)(F)F.C=C(C)C(=O)OCCC[Si](O[Si](C)(C)C)(O[Si](C)(C)C)O[Si](C)(C)C.C=C(C)C(=O)OCCC[Si](O[Si](C)(C)C)(O[Si](C)(C)C)O[Si](CCCOC(=O)C(=C)C)(O[Si](C)(C)C)O[Si](C)(C)C.C=C(C)C(=O)OCCO.C=CC(=O)N(C)C.C=CC(=O)OCCCCCCOC(=O)C=C.C=CN1CCCC1=O. The number of likely N-dealkylation sites (tertiary alicyclic amines) is 1. The zero-order valence-corrected chi connectivity index (χ0v) is 92.3. The van der Waals surface area contributed by atoms with Gasteiger partial charge in [0.05, 0.1) is 46.8 Å². The third-order valence-corrected chi connectivity index (χ3v) is 44.6. The highest BCUT2D eigenvalue weighted by atomic mass is 28.5. The number of ether oxygens (including phenoxy) is 8. The number of hydrogen-bond donors (Lipinski definition) is 1. The number of carbonyl (C=O) groups excluding carboxylic acids is 10. The molecule has 1 heterocycles. The molecule has 1 aliphatic rings. The fourth-order valence-electron chi connectivity index (χ4n) is 8.91. The van der Waals surface area contributed by atoms with E-state index in [9.17, 15) is 74.3 Å². The first-order valence-corrected chi connectivity index (χ1v) is 70.9. The number of hydrogen-bond acceptors (Lipinski definition) is 27. The van der Waals surface area contributed by atoms with E-state index in [0.717, 1.165) is 57.7 Å². The van der Waals surface area contributed by atoms with Gasteiger partial charge in [0.25, 0.3) is 6.10 Å². The van der Waals surface area contributed by atoms with Crippen molar-refractivity contribution < 1.29 is 150 Å². The Balaban J connectivity index is -0.000000286. The zero-order valence-electron chi connectivity index (χ0n) is 82.3. The van der Waals surface area contributed by atoms with E-state index in [1.54, 1.807) is 59.8 Å². The average Bonchev–Trinajstić information content (AvgIpc) is 0.804. The van der Waals surface area contributed by atoms with Gasteiger partial charge in [-0.3, -0.25) is 9.59 Å². The van der Waals surface area contributed by atoms with Gasteiger partial charge in [0, 0.05) is 90.8 Å². The first-order chi connectivity index (χ1) is 57.7. The van der Waals surface area contributed by atoms with Crippen LogP contribution in [-0.4, -0.2) is 252 Å². The third kappa shape index (κ3) is 80.4. The number of unbranched alkanes of at least 4 members (excludes halogenated alkanes) is 3. The summed E-state index contributed by atoms with van der Waals surface area (Å²) < 4.78 is 163. The van der Waals surface area contributed by atoms with Crippen molar-refractivity contribution in [1.29, 1.82) is 0 Å². The summed E-state index contributed by atoms with van der Waals surface area (Å²) in [6.45, 7) is 90.1. The minimum Gasteiger partial charge on any atom is -0.466 e. The molecule has 742 valence electrons. The quantitative estimate of drug-likeness (QED) is 0.0148. The van der Waals surface area contributed by atoms with E-state index in [0.29, 0.717) is 91.5 Å². The number of nitrogens with zero attached hydrogens (tertiary/aromatic N) is 2. The van der Waals surface area contributed by atoms with Gasteiger partial charge >= 0.3 is 86.5 Å². The molecule has 45 heteroatoms. The van der Waals surface area contributed by atoms with E-state index in [4.69, 9.17) is 61.7 Å². The van der Waals surface area contributed by atoms with Crippen LogP contribution in [0.1, 0.15) is 99.3 Å². The van der Waals surface area contributed by atoms with Gasteiger partial charge in [-0.1, -0.05) is 65.8 Å². The number of amides is 2. The predicted octanol–water partition coefficient (Wildman–Crippen LogP) is 18.7. The molecule has 1 N–H and O–H groups in total. The molecule has 0 aliphatic carbocycles. The lowest BCUT2D eigenvalue weighted by atomic mass is 10.2. The van der Waals surface area contributed by atoms with Crippen molar-refractivity contribution in [1.82, 2.24) is 9.80 Å². The van der Waals surface area contributed by atoms with Gasteiger partial charge < -0.3 is 85.7 Å². The molecule has 0 bridgehead atoms. The number of halogens is 6. The molecule has 0 atom stereocenters. The summed E-state index contributed by atoms with van der Waals surface area (Å²) in [5, 5.41) is 8.19. The van der Waals surface area contributed by atoms with Crippen LogP contribution in [0.3, 0.4) is 0 Å². The Hall–Kier alpha value is -6.51. The van der Waals surface area contributed by atoms with Crippen LogP contribution >= 0.6 is 0 Å². The molecule has 1 aliphatic heterocycles. The van der Waals surface area contributed by atoms with Crippen molar-refractivity contribution in [3.05, 3.63) is 124 Å². The third-order valence-electron chi connectivity index (χ3n) is 13.4. The van der Waals surface area contributed by atoms with Gasteiger partial charge in [-0.15, -0.1) is 0 Å². The first-order valence-electron chi connectivity index (χ1n) is 41.3. The van der Waals surface area contributed by atoms with Crippen LogP contribution in [0.25, 0.3) is 0 Å². The highest BCUT2D eigenvalue weighted by molar-refractivity contribution is 6.93. The van der Waals surface area contributed by atoms with Crippen molar-refractivity contribution in [2.75, 3.05) is 74.0 Å². The molecule has 0 aromatic heterocycles. The lowest BCUT2D eigenvalue weighted by molar-refractivity contribution is -0.312. The van der Waals surface area contributed by atoms with Gasteiger partial charge in [0.15, 0.2) is 58.2 Å². The molecule has 1 rings (SSSR count). The Morgan fingerprint density at radius 1 is 0.391 bits per heavy atom. The minimum absolute atomic E-state index is 0.0473. The van der Waals surface area contributed by atoms with E-state index in [1.807, 2.05) is 0 Å². The maximum absolute atomic E-state index is 12.0. The maximum atomic E-state index is 12.0. The van der Waals surface area contributed by atoms with E-state index in [2.05, 4.69) is 217 Å². The molecule has 0 aromatic rings. The van der Waals surface area contributed by atoms with E-state index in [1.165, 1.54) is 18.1 Å². The van der Waals surface area contributed by atoms with Gasteiger partial charge in [-0.05, 0) is 243 Å². The highest BCUT2D eigenvalue weighted by Gasteiger charge is 2.61. The number of likely N-dealkylation sites (N-methyl/N-ethyl adjacent to an activating group) is 1. The van der Waals surface area contributed by atoms with Gasteiger partial charge in [-0.25, -0.2) is 38.4 Å². The molecule has 0 unspecified atom stereocenters. The van der Waals surface area contributed by atoms with E-state index < -0.39 is 133 Å². The summed E-state index contributed by atoms with van der Waals surface area (Å²) >= 11 is 0. The topological polar surface area (TPSA) is 345 Å². The predicted molar refractivity (Wildman–Crippen MR) is 512 cm³/mol.